The van der Waals surface area contributed by atoms with Crippen LogP contribution in [0.15, 0.2) is 30.3 Å². The van der Waals surface area contributed by atoms with Gasteiger partial charge in [-0.3, -0.25) is 0 Å². The molecule has 0 radical (unpaired) electrons. The van der Waals surface area contributed by atoms with Gasteiger partial charge in [0.05, 0.1) is 17.9 Å². The van der Waals surface area contributed by atoms with Gasteiger partial charge in [0.2, 0.25) is 0 Å². The Hall–Kier alpha value is -2.63. The molecule has 0 bridgehead atoms. The number of esters is 1. The number of para-hydroxylation sites is 1. The summed E-state index contributed by atoms with van der Waals surface area (Å²) in [7, 11) is 0. The molecule has 0 saturated carbocycles. The van der Waals surface area contributed by atoms with Gasteiger partial charge in [0.1, 0.15) is 17.5 Å². The Morgan fingerprint density at radius 1 is 1.17 bits per heavy atom. The molecule has 1 heterocycles. The van der Waals surface area contributed by atoms with Crippen LogP contribution < -0.4 is 10.2 Å². The molecule has 0 aliphatic carbocycles. The fraction of sp³-hybridized carbons (Fsp3) is 0.389. The number of benzene rings is 1. The molecule has 0 saturated heterocycles. The van der Waals surface area contributed by atoms with Gasteiger partial charge in [-0.05, 0) is 39.8 Å². The first-order valence-corrected chi connectivity index (χ1v) is 8.22. The van der Waals surface area contributed by atoms with E-state index in [2.05, 4.69) is 34.0 Å². The van der Waals surface area contributed by atoms with Crippen LogP contribution in [-0.2, 0) is 4.74 Å². The molecule has 0 atom stereocenters. The normalized spacial score (nSPS) is 10.3. The van der Waals surface area contributed by atoms with Gasteiger partial charge in [-0.1, -0.05) is 12.1 Å². The highest BCUT2D eigenvalue weighted by Gasteiger charge is 2.13. The molecule has 128 valence electrons. The number of anilines is 3. The highest BCUT2D eigenvalue weighted by molar-refractivity contribution is 5.96. The van der Waals surface area contributed by atoms with Crippen molar-refractivity contribution in [1.29, 1.82) is 0 Å². The Morgan fingerprint density at radius 2 is 1.88 bits per heavy atom. The van der Waals surface area contributed by atoms with Gasteiger partial charge in [0, 0.05) is 19.2 Å². The zero-order valence-electron chi connectivity index (χ0n) is 14.7. The van der Waals surface area contributed by atoms with Gasteiger partial charge in [0.15, 0.2) is 0 Å². The summed E-state index contributed by atoms with van der Waals surface area (Å²) < 4.78 is 5.11. The summed E-state index contributed by atoms with van der Waals surface area (Å²) >= 11 is 0. The van der Waals surface area contributed by atoms with Crippen molar-refractivity contribution in [3.05, 3.63) is 41.7 Å². The zero-order chi connectivity index (χ0) is 17.5. The first-order chi connectivity index (χ1) is 11.6. The number of carbonyl (C=O) groups is 1. The van der Waals surface area contributed by atoms with Crippen LogP contribution >= 0.6 is 0 Å². The number of hydrogen-bond acceptors (Lipinski definition) is 6. The second-order valence-corrected chi connectivity index (χ2v) is 5.22. The van der Waals surface area contributed by atoms with Gasteiger partial charge >= 0.3 is 5.97 Å². The molecule has 0 amide bonds. The monoisotopic (exact) mass is 328 g/mol. The second-order valence-electron chi connectivity index (χ2n) is 5.22. The van der Waals surface area contributed by atoms with E-state index < -0.39 is 0 Å². The van der Waals surface area contributed by atoms with Gasteiger partial charge in [-0.15, -0.1) is 0 Å². The molecule has 6 nitrogen and oxygen atoms in total. The van der Waals surface area contributed by atoms with Crippen LogP contribution in [0.5, 0.6) is 0 Å². The maximum atomic E-state index is 12.1. The van der Waals surface area contributed by atoms with Crippen molar-refractivity contribution in [3.63, 3.8) is 0 Å². The molecule has 1 N–H and O–H groups in total. The first-order valence-electron chi connectivity index (χ1n) is 8.22. The first kappa shape index (κ1) is 17.7. The van der Waals surface area contributed by atoms with Crippen LogP contribution in [0.3, 0.4) is 0 Å². The van der Waals surface area contributed by atoms with Crippen molar-refractivity contribution in [3.8, 4) is 0 Å². The summed E-state index contributed by atoms with van der Waals surface area (Å²) in [4.78, 5) is 23.2. The highest BCUT2D eigenvalue weighted by Crippen LogP contribution is 2.23. The van der Waals surface area contributed by atoms with E-state index in [1.165, 1.54) is 0 Å². The Bertz CT molecular complexity index is 699. The van der Waals surface area contributed by atoms with Crippen LogP contribution in [0.1, 0.15) is 37.0 Å². The lowest BCUT2D eigenvalue weighted by Gasteiger charge is -2.21. The Labute approximate surface area is 142 Å². The molecule has 0 unspecified atom stereocenters. The Balaban J connectivity index is 2.33. The van der Waals surface area contributed by atoms with Crippen molar-refractivity contribution in [1.82, 2.24) is 9.97 Å². The predicted molar refractivity (Wildman–Crippen MR) is 96.0 cm³/mol. The lowest BCUT2D eigenvalue weighted by Crippen LogP contribution is -2.23. The maximum absolute atomic E-state index is 12.1. The topological polar surface area (TPSA) is 67.3 Å². The number of nitrogens with one attached hydrogen (secondary N) is 1. The molecule has 1 aromatic heterocycles. The van der Waals surface area contributed by atoms with E-state index >= 15 is 0 Å². The smallest absolute Gasteiger partial charge is 0.340 e. The molecule has 1 aromatic carbocycles. The Kier molecular flexibility index (Phi) is 6.12. The van der Waals surface area contributed by atoms with E-state index in [9.17, 15) is 4.79 Å². The molecule has 24 heavy (non-hydrogen) atoms. The standard InChI is InChI=1S/C18H24N4O2/c1-5-22(6-2)17-12-16(19-13(4)20-17)21-15-11-9-8-10-14(15)18(23)24-7-3/h8-12H,5-7H2,1-4H3,(H,19,20,21). The van der Waals surface area contributed by atoms with Crippen molar-refractivity contribution < 1.29 is 9.53 Å². The fourth-order valence-corrected chi connectivity index (χ4v) is 2.44. The molecular weight excluding hydrogens is 304 g/mol. The summed E-state index contributed by atoms with van der Waals surface area (Å²) in [5.74, 6) is 1.84. The number of ether oxygens (including phenoxy) is 1. The molecule has 0 aliphatic rings. The zero-order valence-corrected chi connectivity index (χ0v) is 14.7. The van der Waals surface area contributed by atoms with Crippen LogP contribution in [0.4, 0.5) is 17.3 Å². The minimum absolute atomic E-state index is 0.339. The third kappa shape index (κ3) is 4.22. The molecule has 0 aliphatic heterocycles. The van der Waals surface area contributed by atoms with Gasteiger partial charge in [0.25, 0.3) is 0 Å². The van der Waals surface area contributed by atoms with E-state index in [0.717, 1.165) is 18.9 Å². The van der Waals surface area contributed by atoms with Crippen molar-refractivity contribution in [2.45, 2.75) is 27.7 Å². The summed E-state index contributed by atoms with van der Waals surface area (Å²) in [5.41, 5.74) is 1.15. The van der Waals surface area contributed by atoms with Crippen molar-refractivity contribution in [2.24, 2.45) is 0 Å². The lowest BCUT2D eigenvalue weighted by atomic mass is 10.2. The largest absolute Gasteiger partial charge is 0.462 e. The van der Waals surface area contributed by atoms with Crippen LogP contribution in [-0.4, -0.2) is 35.6 Å². The number of nitrogens with zero attached hydrogens (tertiary/aromatic N) is 3. The quantitative estimate of drug-likeness (QED) is 0.784. The number of rotatable bonds is 7. The number of carbonyl (C=O) groups excluding carboxylic acids is 1. The average Bonchev–Trinajstić information content (AvgIpc) is 2.56. The maximum Gasteiger partial charge on any atom is 0.340 e. The second kappa shape index (κ2) is 8.29. The van der Waals surface area contributed by atoms with Crippen LogP contribution in [0.2, 0.25) is 0 Å². The third-order valence-electron chi connectivity index (χ3n) is 3.60. The number of hydrogen-bond donors (Lipinski definition) is 1. The van der Waals surface area contributed by atoms with Crippen molar-refractivity contribution >= 4 is 23.3 Å². The van der Waals surface area contributed by atoms with E-state index in [-0.39, 0.29) is 5.97 Å². The van der Waals surface area contributed by atoms with E-state index in [0.29, 0.717) is 29.5 Å². The molecule has 2 aromatic rings. The molecular formula is C18H24N4O2. The third-order valence-corrected chi connectivity index (χ3v) is 3.60. The van der Waals surface area contributed by atoms with Crippen molar-refractivity contribution in [2.75, 3.05) is 29.9 Å². The SMILES string of the molecule is CCOC(=O)c1ccccc1Nc1cc(N(CC)CC)nc(C)n1. The number of aromatic nitrogens is 2. The molecule has 0 fully saturated rings. The van der Waals surface area contributed by atoms with Gasteiger partial charge in [-0.25, -0.2) is 14.8 Å². The van der Waals surface area contributed by atoms with Crippen LogP contribution in [0.25, 0.3) is 0 Å². The predicted octanol–water partition coefficient (Wildman–Crippen LogP) is 3.55. The van der Waals surface area contributed by atoms with E-state index in [1.54, 1.807) is 13.0 Å². The lowest BCUT2D eigenvalue weighted by molar-refractivity contribution is 0.0527. The minimum atomic E-state index is -0.352. The van der Waals surface area contributed by atoms with E-state index in [1.807, 2.05) is 31.2 Å². The number of aryl methyl sites for hydroxylation is 1. The Morgan fingerprint density at radius 3 is 2.54 bits per heavy atom. The summed E-state index contributed by atoms with van der Waals surface area (Å²) in [6.45, 7) is 9.89. The average molecular weight is 328 g/mol. The summed E-state index contributed by atoms with van der Waals surface area (Å²) in [6.07, 6.45) is 0. The highest BCUT2D eigenvalue weighted by atomic mass is 16.5. The minimum Gasteiger partial charge on any atom is -0.462 e. The van der Waals surface area contributed by atoms with Gasteiger partial charge in [-0.2, -0.15) is 0 Å². The fourth-order valence-electron chi connectivity index (χ4n) is 2.44. The molecule has 0 spiro atoms. The summed E-state index contributed by atoms with van der Waals surface area (Å²) in [5, 5.41) is 3.22. The molecule has 6 heteroatoms. The summed E-state index contributed by atoms with van der Waals surface area (Å²) in [6, 6.07) is 9.14. The van der Waals surface area contributed by atoms with Crippen LogP contribution in [0, 0.1) is 6.92 Å². The molecule has 2 rings (SSSR count). The van der Waals surface area contributed by atoms with Gasteiger partial charge < -0.3 is 15.0 Å². The van der Waals surface area contributed by atoms with E-state index in [4.69, 9.17) is 4.74 Å².